The number of aromatic nitrogens is 3. The van der Waals surface area contributed by atoms with E-state index in [9.17, 15) is 0 Å². The Labute approximate surface area is 97.7 Å². The first-order valence-electron chi connectivity index (χ1n) is 5.13. The first-order valence-corrected chi connectivity index (χ1v) is 6.08. The molecular formula is C10H14N4OS. The van der Waals surface area contributed by atoms with Gasteiger partial charge in [-0.05, 0) is 5.92 Å². The fraction of sp³-hybridized carbons (Fsp3) is 0.500. The van der Waals surface area contributed by atoms with Gasteiger partial charge >= 0.3 is 0 Å². The lowest BCUT2D eigenvalue weighted by Gasteiger charge is -2.11. The smallest absolute Gasteiger partial charge is 0.228 e. The van der Waals surface area contributed by atoms with Crippen molar-refractivity contribution in [2.24, 2.45) is 11.7 Å². The van der Waals surface area contributed by atoms with Gasteiger partial charge < -0.3 is 10.3 Å². The van der Waals surface area contributed by atoms with E-state index in [1.165, 1.54) is 11.3 Å². The molecule has 0 aliphatic heterocycles. The van der Waals surface area contributed by atoms with Crippen molar-refractivity contribution >= 4 is 11.3 Å². The monoisotopic (exact) mass is 238 g/mol. The van der Waals surface area contributed by atoms with Gasteiger partial charge in [0.1, 0.15) is 5.69 Å². The minimum atomic E-state index is 0.0451. The van der Waals surface area contributed by atoms with E-state index in [0.29, 0.717) is 24.1 Å². The summed E-state index contributed by atoms with van der Waals surface area (Å²) in [6.07, 6.45) is 0.606. The van der Waals surface area contributed by atoms with Gasteiger partial charge in [-0.25, -0.2) is 4.98 Å². The van der Waals surface area contributed by atoms with Crippen LogP contribution in [0, 0.1) is 5.92 Å². The summed E-state index contributed by atoms with van der Waals surface area (Å²) >= 11 is 1.51. The molecule has 0 saturated carbocycles. The molecule has 1 unspecified atom stereocenters. The minimum absolute atomic E-state index is 0.0451. The molecule has 2 aromatic rings. The second kappa shape index (κ2) is 4.71. The van der Waals surface area contributed by atoms with Crippen molar-refractivity contribution in [1.29, 1.82) is 0 Å². The average molecular weight is 238 g/mol. The molecule has 0 radical (unpaired) electrons. The molecule has 0 aliphatic rings. The summed E-state index contributed by atoms with van der Waals surface area (Å²) in [6.45, 7) is 4.14. The highest BCUT2D eigenvalue weighted by molar-refractivity contribution is 7.07. The third-order valence-electron chi connectivity index (χ3n) is 2.40. The summed E-state index contributed by atoms with van der Waals surface area (Å²) in [6, 6.07) is 0.0451. The number of hydrogen-bond acceptors (Lipinski definition) is 6. The molecular weight excluding hydrogens is 224 g/mol. The first kappa shape index (κ1) is 11.2. The van der Waals surface area contributed by atoms with Crippen molar-refractivity contribution in [3.05, 3.63) is 16.8 Å². The summed E-state index contributed by atoms with van der Waals surface area (Å²) in [7, 11) is 0. The van der Waals surface area contributed by atoms with Gasteiger partial charge in [0.25, 0.3) is 0 Å². The van der Waals surface area contributed by atoms with Crippen LogP contribution in [-0.4, -0.2) is 21.2 Å². The summed E-state index contributed by atoms with van der Waals surface area (Å²) in [4.78, 5) is 8.38. The van der Waals surface area contributed by atoms with E-state index in [-0.39, 0.29) is 6.04 Å². The van der Waals surface area contributed by atoms with Crippen LogP contribution in [0.5, 0.6) is 0 Å². The maximum atomic E-state index is 5.94. The third-order valence-corrected chi connectivity index (χ3v) is 2.98. The zero-order valence-electron chi connectivity index (χ0n) is 9.25. The van der Waals surface area contributed by atoms with Crippen molar-refractivity contribution in [3.63, 3.8) is 0 Å². The molecule has 0 aromatic carbocycles. The fourth-order valence-corrected chi connectivity index (χ4v) is 1.73. The highest BCUT2D eigenvalue weighted by Gasteiger charge is 2.15. The molecule has 0 amide bonds. The van der Waals surface area contributed by atoms with Gasteiger partial charge in [-0.2, -0.15) is 4.98 Å². The first-order chi connectivity index (χ1) is 7.66. The van der Waals surface area contributed by atoms with Crippen LogP contribution in [0.15, 0.2) is 15.4 Å². The molecule has 0 bridgehead atoms. The number of nitrogens with two attached hydrogens (primary N) is 1. The van der Waals surface area contributed by atoms with Crippen LogP contribution in [0.4, 0.5) is 0 Å². The standard InChI is InChI=1S/C10H14N4OS/c1-6(2)7(11)3-9-13-10(14-15-9)8-4-16-5-12-8/h4-7H,3,11H2,1-2H3. The third kappa shape index (κ3) is 2.45. The lowest BCUT2D eigenvalue weighted by Crippen LogP contribution is -2.28. The maximum Gasteiger partial charge on any atom is 0.228 e. The largest absolute Gasteiger partial charge is 0.339 e. The molecule has 0 aliphatic carbocycles. The molecule has 2 N–H and O–H groups in total. The predicted molar refractivity (Wildman–Crippen MR) is 61.9 cm³/mol. The number of rotatable bonds is 4. The van der Waals surface area contributed by atoms with Gasteiger partial charge in [-0.3, -0.25) is 0 Å². The minimum Gasteiger partial charge on any atom is -0.339 e. The number of hydrogen-bond donors (Lipinski definition) is 1. The highest BCUT2D eigenvalue weighted by atomic mass is 32.1. The van der Waals surface area contributed by atoms with Gasteiger partial charge in [0.05, 0.1) is 5.51 Å². The Hall–Kier alpha value is -1.27. The normalized spacial score (nSPS) is 13.2. The van der Waals surface area contributed by atoms with Crippen LogP contribution in [-0.2, 0) is 6.42 Å². The average Bonchev–Trinajstić information content (AvgIpc) is 2.85. The number of thiazole rings is 1. The molecule has 16 heavy (non-hydrogen) atoms. The van der Waals surface area contributed by atoms with E-state index in [0.717, 1.165) is 5.69 Å². The molecule has 5 nitrogen and oxygen atoms in total. The van der Waals surface area contributed by atoms with E-state index in [1.54, 1.807) is 5.51 Å². The highest BCUT2D eigenvalue weighted by Crippen LogP contribution is 2.16. The van der Waals surface area contributed by atoms with Crippen LogP contribution in [0.3, 0.4) is 0 Å². The molecule has 2 aromatic heterocycles. The van der Waals surface area contributed by atoms with E-state index < -0.39 is 0 Å². The Morgan fingerprint density at radius 2 is 2.31 bits per heavy atom. The van der Waals surface area contributed by atoms with E-state index in [2.05, 4.69) is 29.0 Å². The van der Waals surface area contributed by atoms with Crippen molar-refractivity contribution in [3.8, 4) is 11.5 Å². The van der Waals surface area contributed by atoms with Gasteiger partial charge in [0.2, 0.25) is 11.7 Å². The second-order valence-corrected chi connectivity index (χ2v) is 4.72. The van der Waals surface area contributed by atoms with E-state index in [1.807, 2.05) is 5.38 Å². The zero-order valence-corrected chi connectivity index (χ0v) is 10.1. The second-order valence-electron chi connectivity index (χ2n) is 4.00. The Morgan fingerprint density at radius 1 is 1.50 bits per heavy atom. The van der Waals surface area contributed by atoms with Crippen LogP contribution in [0.25, 0.3) is 11.5 Å². The van der Waals surface area contributed by atoms with Gasteiger partial charge in [-0.15, -0.1) is 11.3 Å². The molecule has 2 rings (SSSR count). The summed E-state index contributed by atoms with van der Waals surface area (Å²) in [5.41, 5.74) is 8.42. The molecule has 6 heteroatoms. The Kier molecular flexibility index (Phi) is 3.31. The zero-order chi connectivity index (χ0) is 11.5. The summed E-state index contributed by atoms with van der Waals surface area (Å²) < 4.78 is 5.13. The van der Waals surface area contributed by atoms with Crippen LogP contribution >= 0.6 is 11.3 Å². The van der Waals surface area contributed by atoms with E-state index in [4.69, 9.17) is 10.3 Å². The maximum absolute atomic E-state index is 5.94. The molecule has 0 fully saturated rings. The molecule has 0 spiro atoms. The number of nitrogens with zero attached hydrogens (tertiary/aromatic N) is 3. The lowest BCUT2D eigenvalue weighted by molar-refractivity contribution is 0.353. The Bertz CT molecular complexity index is 437. The van der Waals surface area contributed by atoms with Crippen molar-refractivity contribution < 1.29 is 4.52 Å². The van der Waals surface area contributed by atoms with E-state index >= 15 is 0 Å². The summed E-state index contributed by atoms with van der Waals surface area (Å²) in [5.74, 6) is 1.51. The van der Waals surface area contributed by atoms with Crippen LogP contribution in [0.1, 0.15) is 19.7 Å². The van der Waals surface area contributed by atoms with Crippen LogP contribution in [0.2, 0.25) is 0 Å². The topological polar surface area (TPSA) is 77.8 Å². The molecule has 1 atom stereocenters. The molecule has 0 saturated heterocycles. The van der Waals surface area contributed by atoms with Crippen molar-refractivity contribution in [2.75, 3.05) is 0 Å². The fourth-order valence-electron chi connectivity index (χ4n) is 1.20. The quantitative estimate of drug-likeness (QED) is 0.877. The predicted octanol–water partition coefficient (Wildman–Crippen LogP) is 1.72. The van der Waals surface area contributed by atoms with Gasteiger partial charge in [0.15, 0.2) is 0 Å². The van der Waals surface area contributed by atoms with Crippen molar-refractivity contribution in [2.45, 2.75) is 26.3 Å². The van der Waals surface area contributed by atoms with Gasteiger partial charge in [0, 0.05) is 17.8 Å². The Morgan fingerprint density at radius 3 is 2.94 bits per heavy atom. The lowest BCUT2D eigenvalue weighted by atomic mass is 10.0. The SMILES string of the molecule is CC(C)C(N)Cc1nc(-c2cscn2)no1. The van der Waals surface area contributed by atoms with Gasteiger partial charge in [-0.1, -0.05) is 19.0 Å². The van der Waals surface area contributed by atoms with Crippen molar-refractivity contribution in [1.82, 2.24) is 15.1 Å². The molecule has 86 valence electrons. The molecule has 2 heterocycles. The van der Waals surface area contributed by atoms with Crippen LogP contribution < -0.4 is 5.73 Å². The Balaban J connectivity index is 2.08. The summed E-state index contributed by atoms with van der Waals surface area (Å²) in [5, 5.41) is 5.76.